The first-order valence-electron chi connectivity index (χ1n) is 8.92. The van der Waals surface area contributed by atoms with E-state index in [0.717, 1.165) is 51.8 Å². The van der Waals surface area contributed by atoms with Crippen LogP contribution in [0.1, 0.15) is 36.1 Å². The number of nitrogens with zero attached hydrogens (tertiary/aromatic N) is 2. The number of ether oxygens (including phenoxy) is 1. The number of thiophene rings is 1. The largest absolute Gasteiger partial charge is 0.379 e. The smallest absolute Gasteiger partial charge is 0.191 e. The van der Waals surface area contributed by atoms with Gasteiger partial charge in [0.25, 0.3) is 0 Å². The van der Waals surface area contributed by atoms with E-state index in [2.05, 4.69) is 53.4 Å². The van der Waals surface area contributed by atoms with Crippen LogP contribution in [-0.4, -0.2) is 57.3 Å². The first-order valence-corrected chi connectivity index (χ1v) is 9.74. The van der Waals surface area contributed by atoms with Crippen molar-refractivity contribution in [1.29, 1.82) is 0 Å². The molecule has 2 rings (SSSR count). The molecule has 25 heavy (non-hydrogen) atoms. The summed E-state index contributed by atoms with van der Waals surface area (Å²) in [5, 5.41) is 6.93. The van der Waals surface area contributed by atoms with E-state index >= 15 is 0 Å². The van der Waals surface area contributed by atoms with Crippen LogP contribution in [0, 0.1) is 12.8 Å². The molecule has 1 aliphatic rings. The molecule has 1 saturated heterocycles. The van der Waals surface area contributed by atoms with Gasteiger partial charge in [-0.3, -0.25) is 9.89 Å². The molecule has 0 saturated carbocycles. The summed E-state index contributed by atoms with van der Waals surface area (Å²) in [5.74, 6) is 1.59. The van der Waals surface area contributed by atoms with Crippen LogP contribution in [0.4, 0.5) is 0 Å². The van der Waals surface area contributed by atoms with Crippen LogP contribution in [-0.2, 0) is 4.74 Å². The predicted octanol–water partition coefficient (Wildman–Crippen LogP) is 3.26. The summed E-state index contributed by atoms with van der Waals surface area (Å²) in [6.45, 7) is 12.1. The minimum absolute atomic E-state index is 0. The normalized spacial score (nSPS) is 17.2. The number of rotatable bonds is 7. The van der Waals surface area contributed by atoms with Gasteiger partial charge in [0.15, 0.2) is 5.96 Å². The lowest BCUT2D eigenvalue weighted by Gasteiger charge is -2.34. The number of halogens is 1. The Morgan fingerprint density at radius 1 is 1.28 bits per heavy atom. The topological polar surface area (TPSA) is 48.9 Å². The second-order valence-corrected chi connectivity index (χ2v) is 7.99. The fourth-order valence-corrected chi connectivity index (χ4v) is 3.84. The van der Waals surface area contributed by atoms with Gasteiger partial charge in [-0.25, -0.2) is 0 Å². The van der Waals surface area contributed by atoms with Crippen LogP contribution < -0.4 is 10.6 Å². The highest BCUT2D eigenvalue weighted by Crippen LogP contribution is 2.27. The van der Waals surface area contributed by atoms with Crippen molar-refractivity contribution in [2.24, 2.45) is 10.9 Å². The van der Waals surface area contributed by atoms with Crippen LogP contribution in [0.15, 0.2) is 17.1 Å². The zero-order valence-electron chi connectivity index (χ0n) is 15.9. The maximum absolute atomic E-state index is 5.52. The first kappa shape index (κ1) is 22.7. The monoisotopic (exact) mass is 480 g/mol. The van der Waals surface area contributed by atoms with E-state index < -0.39 is 0 Å². The Kier molecular flexibility index (Phi) is 11.0. The zero-order chi connectivity index (χ0) is 17.4. The summed E-state index contributed by atoms with van der Waals surface area (Å²) in [7, 11) is 1.84. The van der Waals surface area contributed by atoms with Crippen molar-refractivity contribution in [3.05, 3.63) is 21.9 Å². The molecule has 2 N–H and O–H groups in total. The van der Waals surface area contributed by atoms with Crippen molar-refractivity contribution >= 4 is 41.3 Å². The third kappa shape index (κ3) is 7.80. The van der Waals surface area contributed by atoms with Gasteiger partial charge in [-0.15, -0.1) is 35.3 Å². The maximum atomic E-state index is 5.52. The number of nitrogens with one attached hydrogen (secondary N) is 2. The third-order valence-electron chi connectivity index (χ3n) is 4.28. The molecule has 1 aromatic rings. The summed E-state index contributed by atoms with van der Waals surface area (Å²) in [4.78, 5) is 9.65. The maximum Gasteiger partial charge on any atom is 0.191 e. The second-order valence-electron chi connectivity index (χ2n) is 6.67. The molecular formula is C18H33IN4OS. The highest BCUT2D eigenvalue weighted by molar-refractivity contribution is 14.0. The molecular weight excluding hydrogens is 447 g/mol. The van der Waals surface area contributed by atoms with Crippen LogP contribution in [0.3, 0.4) is 0 Å². The molecule has 0 amide bonds. The third-order valence-corrected chi connectivity index (χ3v) is 5.38. The predicted molar refractivity (Wildman–Crippen MR) is 118 cm³/mol. The highest BCUT2D eigenvalue weighted by Gasteiger charge is 2.24. The Labute approximate surface area is 173 Å². The SMILES string of the molecule is CN=C(NCCC(C)C)NCC(c1ccc(C)s1)N1CCOCC1.I. The Morgan fingerprint density at radius 3 is 2.56 bits per heavy atom. The summed E-state index contributed by atoms with van der Waals surface area (Å²) in [6.07, 6.45) is 1.15. The van der Waals surface area contributed by atoms with Gasteiger partial charge in [-0.1, -0.05) is 13.8 Å². The van der Waals surface area contributed by atoms with Crippen LogP contribution >= 0.6 is 35.3 Å². The molecule has 1 atom stereocenters. The highest BCUT2D eigenvalue weighted by atomic mass is 127. The molecule has 1 aliphatic heterocycles. The van der Waals surface area contributed by atoms with Gasteiger partial charge in [-0.2, -0.15) is 0 Å². The van der Waals surface area contributed by atoms with Crippen molar-refractivity contribution in [2.45, 2.75) is 33.2 Å². The van der Waals surface area contributed by atoms with E-state index in [1.807, 2.05) is 18.4 Å². The van der Waals surface area contributed by atoms with E-state index in [-0.39, 0.29) is 24.0 Å². The van der Waals surface area contributed by atoms with Gasteiger partial charge < -0.3 is 15.4 Å². The quantitative estimate of drug-likeness (QED) is 0.358. The van der Waals surface area contributed by atoms with E-state index in [1.54, 1.807) is 0 Å². The van der Waals surface area contributed by atoms with Gasteiger partial charge in [-0.05, 0) is 31.4 Å². The Morgan fingerprint density at radius 2 is 2.00 bits per heavy atom. The molecule has 1 unspecified atom stereocenters. The number of morpholine rings is 1. The number of hydrogen-bond donors (Lipinski definition) is 2. The standard InChI is InChI=1S/C18H32N4OS.HI/c1-14(2)7-8-20-18(19-4)21-13-16(17-6-5-15(3)24-17)22-9-11-23-12-10-22;/h5-6,14,16H,7-13H2,1-4H3,(H2,19,20,21);1H. The summed E-state index contributed by atoms with van der Waals surface area (Å²) < 4.78 is 5.52. The number of hydrogen-bond acceptors (Lipinski definition) is 4. The van der Waals surface area contributed by atoms with Gasteiger partial charge in [0, 0.05) is 43.0 Å². The fraction of sp³-hybridized carbons (Fsp3) is 0.722. The van der Waals surface area contributed by atoms with Crippen molar-refractivity contribution in [3.63, 3.8) is 0 Å². The average Bonchev–Trinajstić information content (AvgIpc) is 3.00. The number of aliphatic imine (C=N–C) groups is 1. The van der Waals surface area contributed by atoms with E-state index in [4.69, 9.17) is 4.74 Å². The lowest BCUT2D eigenvalue weighted by molar-refractivity contribution is 0.0177. The van der Waals surface area contributed by atoms with Crippen molar-refractivity contribution < 1.29 is 4.74 Å². The molecule has 0 spiro atoms. The van der Waals surface area contributed by atoms with E-state index in [1.165, 1.54) is 9.75 Å². The summed E-state index contributed by atoms with van der Waals surface area (Å²) in [6, 6.07) is 4.84. The van der Waals surface area contributed by atoms with Crippen LogP contribution in [0.2, 0.25) is 0 Å². The van der Waals surface area contributed by atoms with E-state index in [9.17, 15) is 0 Å². The molecule has 0 bridgehead atoms. The molecule has 0 aromatic carbocycles. The number of aryl methyl sites for hydroxylation is 1. The summed E-state index contributed by atoms with van der Waals surface area (Å²) in [5.41, 5.74) is 0. The zero-order valence-corrected chi connectivity index (χ0v) is 19.0. The van der Waals surface area contributed by atoms with Crippen LogP contribution in [0.5, 0.6) is 0 Å². The van der Waals surface area contributed by atoms with Gasteiger partial charge >= 0.3 is 0 Å². The molecule has 5 nitrogen and oxygen atoms in total. The molecule has 1 fully saturated rings. The molecule has 1 aromatic heterocycles. The van der Waals surface area contributed by atoms with Gasteiger partial charge in [0.2, 0.25) is 0 Å². The fourth-order valence-electron chi connectivity index (χ4n) is 2.82. The second kappa shape index (κ2) is 12.1. The minimum atomic E-state index is 0. The lowest BCUT2D eigenvalue weighted by Crippen LogP contribution is -2.46. The first-order chi connectivity index (χ1) is 11.6. The Bertz CT molecular complexity index is 515. The Hall–Kier alpha value is -0.380. The lowest BCUT2D eigenvalue weighted by atomic mass is 10.1. The van der Waals surface area contributed by atoms with E-state index in [0.29, 0.717) is 12.0 Å². The number of guanidine groups is 1. The average molecular weight is 480 g/mol. The van der Waals surface area contributed by atoms with Crippen LogP contribution in [0.25, 0.3) is 0 Å². The molecule has 0 aliphatic carbocycles. The van der Waals surface area contributed by atoms with Crippen molar-refractivity contribution in [3.8, 4) is 0 Å². The minimum Gasteiger partial charge on any atom is -0.379 e. The summed E-state index contributed by atoms with van der Waals surface area (Å²) >= 11 is 1.89. The molecule has 7 heteroatoms. The van der Waals surface area contributed by atoms with Gasteiger partial charge in [0.05, 0.1) is 19.3 Å². The molecule has 144 valence electrons. The van der Waals surface area contributed by atoms with Gasteiger partial charge in [0.1, 0.15) is 0 Å². The molecule has 0 radical (unpaired) electrons. The van der Waals surface area contributed by atoms with Crippen molar-refractivity contribution in [1.82, 2.24) is 15.5 Å². The van der Waals surface area contributed by atoms with Crippen molar-refractivity contribution in [2.75, 3.05) is 46.4 Å². The Balaban J connectivity index is 0.00000312. The molecule has 2 heterocycles.